The van der Waals surface area contributed by atoms with Crippen molar-refractivity contribution in [3.05, 3.63) is 35.9 Å². The first-order chi connectivity index (χ1) is 7.73. The molecular formula is C14H17NO. The molecule has 16 heavy (non-hydrogen) atoms. The molecule has 0 aliphatic heterocycles. The summed E-state index contributed by atoms with van der Waals surface area (Å²) in [7, 11) is 0. The largest absolute Gasteiger partial charge is 0.389 e. The first-order valence-electron chi connectivity index (χ1n) is 5.88. The fourth-order valence-electron chi connectivity index (χ4n) is 2.54. The van der Waals surface area contributed by atoms with Crippen molar-refractivity contribution in [2.45, 2.75) is 43.6 Å². The predicted molar refractivity (Wildman–Crippen MR) is 62.8 cm³/mol. The minimum Gasteiger partial charge on any atom is -0.389 e. The lowest BCUT2D eigenvalue weighted by molar-refractivity contribution is 0.00352. The van der Waals surface area contributed by atoms with Crippen LogP contribution >= 0.6 is 0 Å². The molecule has 0 heterocycles. The molecule has 0 radical (unpaired) electrons. The summed E-state index contributed by atoms with van der Waals surface area (Å²) < 4.78 is 0. The zero-order chi connectivity index (χ0) is 11.4. The van der Waals surface area contributed by atoms with Gasteiger partial charge < -0.3 is 5.11 Å². The van der Waals surface area contributed by atoms with Crippen molar-refractivity contribution in [1.82, 2.24) is 0 Å². The van der Waals surface area contributed by atoms with E-state index in [1.54, 1.807) is 0 Å². The molecule has 1 aromatic carbocycles. The maximum atomic E-state index is 10.1. The highest BCUT2D eigenvalue weighted by molar-refractivity contribution is 5.20. The Kier molecular flexibility index (Phi) is 3.26. The van der Waals surface area contributed by atoms with Gasteiger partial charge in [-0.2, -0.15) is 5.26 Å². The van der Waals surface area contributed by atoms with E-state index in [1.165, 1.54) is 5.56 Å². The van der Waals surface area contributed by atoms with E-state index in [0.29, 0.717) is 5.92 Å². The lowest BCUT2D eigenvalue weighted by Gasteiger charge is -2.34. The van der Waals surface area contributed by atoms with Crippen molar-refractivity contribution in [3.8, 4) is 6.07 Å². The summed E-state index contributed by atoms with van der Waals surface area (Å²) in [5.41, 5.74) is 0.640. The number of rotatable bonds is 2. The molecule has 1 saturated carbocycles. The summed E-state index contributed by atoms with van der Waals surface area (Å²) in [5.74, 6) is 0.556. The SMILES string of the molecule is N#CCC1(O)CCC(c2ccccc2)CC1. The first-order valence-corrected chi connectivity index (χ1v) is 5.88. The van der Waals surface area contributed by atoms with Gasteiger partial charge >= 0.3 is 0 Å². The van der Waals surface area contributed by atoms with E-state index in [0.717, 1.165) is 25.7 Å². The second-order valence-corrected chi connectivity index (χ2v) is 4.74. The average Bonchev–Trinajstić information content (AvgIpc) is 2.31. The smallest absolute Gasteiger partial charge is 0.0777 e. The fourth-order valence-corrected chi connectivity index (χ4v) is 2.54. The monoisotopic (exact) mass is 215 g/mol. The Morgan fingerprint density at radius 1 is 1.25 bits per heavy atom. The number of benzene rings is 1. The molecule has 1 aliphatic rings. The third-order valence-corrected chi connectivity index (χ3v) is 3.60. The predicted octanol–water partition coefficient (Wildman–Crippen LogP) is 2.99. The van der Waals surface area contributed by atoms with Crippen molar-refractivity contribution < 1.29 is 5.11 Å². The molecule has 0 amide bonds. The van der Waals surface area contributed by atoms with E-state index >= 15 is 0 Å². The second-order valence-electron chi connectivity index (χ2n) is 4.74. The van der Waals surface area contributed by atoms with Crippen molar-refractivity contribution in [2.75, 3.05) is 0 Å². The zero-order valence-corrected chi connectivity index (χ0v) is 9.39. The molecule has 0 aromatic heterocycles. The molecule has 0 atom stereocenters. The van der Waals surface area contributed by atoms with Gasteiger partial charge in [0, 0.05) is 0 Å². The Morgan fingerprint density at radius 3 is 2.44 bits per heavy atom. The Balaban J connectivity index is 1.98. The van der Waals surface area contributed by atoms with Gasteiger partial charge in [0.15, 0.2) is 0 Å². The van der Waals surface area contributed by atoms with Gasteiger partial charge in [0.1, 0.15) is 0 Å². The van der Waals surface area contributed by atoms with E-state index < -0.39 is 5.60 Å². The summed E-state index contributed by atoms with van der Waals surface area (Å²) in [6, 6.07) is 12.5. The Bertz CT molecular complexity index is 371. The van der Waals surface area contributed by atoms with Crippen LogP contribution < -0.4 is 0 Å². The summed E-state index contributed by atoms with van der Waals surface area (Å²) in [6.45, 7) is 0. The van der Waals surface area contributed by atoms with Crippen LogP contribution in [0.1, 0.15) is 43.6 Å². The van der Waals surface area contributed by atoms with Crippen molar-refractivity contribution in [2.24, 2.45) is 0 Å². The lowest BCUT2D eigenvalue weighted by atomic mass is 9.75. The van der Waals surface area contributed by atoms with Gasteiger partial charge in [0.2, 0.25) is 0 Å². The third-order valence-electron chi connectivity index (χ3n) is 3.60. The molecule has 2 rings (SSSR count). The Labute approximate surface area is 96.5 Å². The molecule has 0 spiro atoms. The van der Waals surface area contributed by atoms with Crippen LogP contribution in [0, 0.1) is 11.3 Å². The van der Waals surface area contributed by atoms with Crippen LogP contribution in [-0.4, -0.2) is 10.7 Å². The fraction of sp³-hybridized carbons (Fsp3) is 0.500. The first kappa shape index (κ1) is 11.2. The van der Waals surface area contributed by atoms with Gasteiger partial charge in [0.25, 0.3) is 0 Å². The van der Waals surface area contributed by atoms with Gasteiger partial charge in [-0.25, -0.2) is 0 Å². The summed E-state index contributed by atoms with van der Waals surface area (Å²) in [6.07, 6.45) is 3.75. The normalized spacial score (nSPS) is 29.6. The van der Waals surface area contributed by atoms with Gasteiger partial charge in [0.05, 0.1) is 18.1 Å². The summed E-state index contributed by atoms with van der Waals surface area (Å²) in [5, 5.41) is 18.8. The van der Waals surface area contributed by atoms with Gasteiger partial charge in [-0.3, -0.25) is 0 Å². The minimum atomic E-state index is -0.722. The number of aliphatic hydroxyl groups is 1. The highest BCUT2D eigenvalue weighted by Crippen LogP contribution is 2.39. The summed E-state index contributed by atoms with van der Waals surface area (Å²) in [4.78, 5) is 0. The second kappa shape index (κ2) is 4.67. The minimum absolute atomic E-state index is 0.272. The zero-order valence-electron chi connectivity index (χ0n) is 9.39. The molecule has 1 N–H and O–H groups in total. The standard InChI is InChI=1S/C14H17NO/c15-11-10-14(16)8-6-13(7-9-14)12-4-2-1-3-5-12/h1-5,13,16H,6-10H2. The van der Waals surface area contributed by atoms with Gasteiger partial charge in [-0.15, -0.1) is 0 Å². The van der Waals surface area contributed by atoms with E-state index in [2.05, 4.69) is 30.3 Å². The van der Waals surface area contributed by atoms with Crippen molar-refractivity contribution >= 4 is 0 Å². The quantitative estimate of drug-likeness (QED) is 0.824. The van der Waals surface area contributed by atoms with Gasteiger partial charge in [-0.05, 0) is 37.2 Å². The van der Waals surface area contributed by atoms with Crippen LogP contribution in [0.4, 0.5) is 0 Å². The number of nitriles is 1. The molecule has 1 aromatic rings. The van der Waals surface area contributed by atoms with Crippen LogP contribution in [0.15, 0.2) is 30.3 Å². The number of nitrogens with zero attached hydrogens (tertiary/aromatic N) is 1. The van der Waals surface area contributed by atoms with E-state index in [-0.39, 0.29) is 6.42 Å². The highest BCUT2D eigenvalue weighted by atomic mass is 16.3. The van der Waals surface area contributed by atoms with E-state index in [1.807, 2.05) is 6.07 Å². The molecule has 2 nitrogen and oxygen atoms in total. The highest BCUT2D eigenvalue weighted by Gasteiger charge is 2.33. The third kappa shape index (κ3) is 2.43. The molecular weight excluding hydrogens is 198 g/mol. The van der Waals surface area contributed by atoms with Crippen LogP contribution in [0.5, 0.6) is 0 Å². The van der Waals surface area contributed by atoms with Crippen molar-refractivity contribution in [3.63, 3.8) is 0 Å². The average molecular weight is 215 g/mol. The molecule has 84 valence electrons. The molecule has 0 bridgehead atoms. The maximum absolute atomic E-state index is 10.1. The van der Waals surface area contributed by atoms with Crippen molar-refractivity contribution in [1.29, 1.82) is 5.26 Å². The molecule has 2 heteroatoms. The van der Waals surface area contributed by atoms with Crippen LogP contribution in [-0.2, 0) is 0 Å². The maximum Gasteiger partial charge on any atom is 0.0777 e. The number of hydrogen-bond acceptors (Lipinski definition) is 2. The summed E-state index contributed by atoms with van der Waals surface area (Å²) >= 11 is 0. The van der Waals surface area contributed by atoms with E-state index in [4.69, 9.17) is 5.26 Å². The molecule has 0 saturated heterocycles. The van der Waals surface area contributed by atoms with Gasteiger partial charge in [-0.1, -0.05) is 30.3 Å². The molecule has 0 unspecified atom stereocenters. The Hall–Kier alpha value is -1.33. The van der Waals surface area contributed by atoms with Crippen LogP contribution in [0.25, 0.3) is 0 Å². The molecule has 1 aliphatic carbocycles. The number of hydrogen-bond donors (Lipinski definition) is 1. The topological polar surface area (TPSA) is 44.0 Å². The Morgan fingerprint density at radius 2 is 1.88 bits per heavy atom. The lowest BCUT2D eigenvalue weighted by Crippen LogP contribution is -2.32. The van der Waals surface area contributed by atoms with Crippen LogP contribution in [0.3, 0.4) is 0 Å². The van der Waals surface area contributed by atoms with Crippen LogP contribution in [0.2, 0.25) is 0 Å². The van der Waals surface area contributed by atoms with E-state index in [9.17, 15) is 5.11 Å². The molecule has 1 fully saturated rings.